The van der Waals surface area contributed by atoms with Crippen LogP contribution in [0.1, 0.15) is 24.8 Å². The van der Waals surface area contributed by atoms with Crippen LogP contribution in [0.3, 0.4) is 0 Å². The number of hydrogen-bond acceptors (Lipinski definition) is 4. The number of benzene rings is 1. The molecule has 0 spiro atoms. The number of nitrogens with one attached hydrogen (secondary N) is 1. The van der Waals surface area contributed by atoms with E-state index in [-0.39, 0.29) is 0 Å². The summed E-state index contributed by atoms with van der Waals surface area (Å²) in [6.07, 6.45) is 8.03. The topological polar surface area (TPSA) is 39.7 Å². The molecule has 0 saturated heterocycles. The number of ether oxygens (including phenoxy) is 3. The minimum absolute atomic E-state index is 0.588. The number of halogens is 1. The maximum atomic E-state index is 6.08. The van der Waals surface area contributed by atoms with E-state index in [9.17, 15) is 0 Å². The first-order valence-corrected chi connectivity index (χ1v) is 8.83. The molecule has 0 heterocycles. The molecule has 0 aliphatic heterocycles. The highest BCUT2D eigenvalue weighted by atomic mass is 35.5. The Kier molecular flexibility index (Phi) is 13.5. The summed E-state index contributed by atoms with van der Waals surface area (Å²) in [6, 6.07) is 7.83. The average Bonchev–Trinajstić information content (AvgIpc) is 2.60. The molecule has 24 heavy (non-hydrogen) atoms. The molecule has 0 amide bonds. The summed E-state index contributed by atoms with van der Waals surface area (Å²) >= 11 is 6.08. The molecule has 0 aromatic heterocycles. The first-order chi connectivity index (χ1) is 11.8. The molecule has 1 rings (SSSR count). The molecule has 0 fully saturated rings. The van der Waals surface area contributed by atoms with Crippen molar-refractivity contribution in [2.24, 2.45) is 0 Å². The van der Waals surface area contributed by atoms with Gasteiger partial charge in [0.1, 0.15) is 0 Å². The molecule has 5 heteroatoms. The SMILES string of the molecule is C#CCCCCOCCOCCOCCNCc1ccccc1Cl. The standard InChI is InChI=1S/C19H28ClNO3/c1-2-3-4-7-11-22-13-15-24-16-14-23-12-10-21-17-18-8-5-6-9-19(18)20/h1,5-6,8-9,21H,3-4,7,10-17H2. The second-order valence-electron chi connectivity index (χ2n) is 5.27. The van der Waals surface area contributed by atoms with Crippen LogP contribution in [0.5, 0.6) is 0 Å². The molecule has 0 aliphatic carbocycles. The molecule has 134 valence electrons. The Morgan fingerprint density at radius 2 is 1.58 bits per heavy atom. The van der Waals surface area contributed by atoms with Gasteiger partial charge in [0.15, 0.2) is 0 Å². The molecular weight excluding hydrogens is 326 g/mol. The largest absolute Gasteiger partial charge is 0.379 e. The van der Waals surface area contributed by atoms with E-state index in [1.807, 2.05) is 24.3 Å². The van der Waals surface area contributed by atoms with Crippen molar-refractivity contribution in [2.45, 2.75) is 25.8 Å². The zero-order valence-corrected chi connectivity index (χ0v) is 15.0. The smallest absolute Gasteiger partial charge is 0.0701 e. The summed E-state index contributed by atoms with van der Waals surface area (Å²) in [5.41, 5.74) is 1.10. The van der Waals surface area contributed by atoms with Crippen molar-refractivity contribution < 1.29 is 14.2 Å². The van der Waals surface area contributed by atoms with Gasteiger partial charge in [-0.2, -0.15) is 0 Å². The van der Waals surface area contributed by atoms with Gasteiger partial charge in [0, 0.05) is 31.1 Å². The van der Waals surface area contributed by atoms with Gasteiger partial charge < -0.3 is 19.5 Å². The fourth-order valence-corrected chi connectivity index (χ4v) is 2.18. The Morgan fingerprint density at radius 1 is 0.917 bits per heavy atom. The molecule has 1 aromatic carbocycles. The van der Waals surface area contributed by atoms with Gasteiger partial charge in [-0.3, -0.25) is 0 Å². The summed E-state index contributed by atoms with van der Waals surface area (Å²) in [7, 11) is 0. The van der Waals surface area contributed by atoms with E-state index in [1.165, 1.54) is 0 Å². The summed E-state index contributed by atoms with van der Waals surface area (Å²) in [5, 5.41) is 4.09. The molecule has 1 aromatic rings. The van der Waals surface area contributed by atoms with Crippen molar-refractivity contribution in [2.75, 3.05) is 46.2 Å². The fourth-order valence-electron chi connectivity index (χ4n) is 1.98. The van der Waals surface area contributed by atoms with Crippen molar-refractivity contribution in [1.29, 1.82) is 0 Å². The van der Waals surface area contributed by atoms with Crippen molar-refractivity contribution in [1.82, 2.24) is 5.32 Å². The summed E-state index contributed by atoms with van der Waals surface area (Å²) in [6.45, 7) is 5.34. The summed E-state index contributed by atoms with van der Waals surface area (Å²) in [5.74, 6) is 2.62. The van der Waals surface area contributed by atoms with E-state index in [4.69, 9.17) is 32.2 Å². The summed E-state index contributed by atoms with van der Waals surface area (Å²) < 4.78 is 16.4. The Bertz CT molecular complexity index is 462. The van der Waals surface area contributed by atoms with Gasteiger partial charge >= 0.3 is 0 Å². The third kappa shape index (κ3) is 11.4. The van der Waals surface area contributed by atoms with Crippen molar-refractivity contribution in [3.05, 3.63) is 34.9 Å². The zero-order chi connectivity index (χ0) is 17.3. The van der Waals surface area contributed by atoms with Crippen LogP contribution in [0.15, 0.2) is 24.3 Å². The van der Waals surface area contributed by atoms with Gasteiger partial charge in [0.05, 0.1) is 33.0 Å². The van der Waals surface area contributed by atoms with E-state index in [0.29, 0.717) is 33.0 Å². The first kappa shape index (κ1) is 21.0. The molecule has 4 nitrogen and oxygen atoms in total. The van der Waals surface area contributed by atoms with Gasteiger partial charge in [0.25, 0.3) is 0 Å². The van der Waals surface area contributed by atoms with Crippen LogP contribution in [0.2, 0.25) is 5.02 Å². The van der Waals surface area contributed by atoms with Crippen molar-refractivity contribution >= 4 is 11.6 Å². The van der Waals surface area contributed by atoms with E-state index >= 15 is 0 Å². The lowest BCUT2D eigenvalue weighted by Crippen LogP contribution is -2.20. The molecule has 0 bridgehead atoms. The quantitative estimate of drug-likeness (QED) is 0.388. The predicted molar refractivity (Wildman–Crippen MR) is 98.3 cm³/mol. The Hall–Kier alpha value is -1.09. The van der Waals surface area contributed by atoms with Crippen LogP contribution >= 0.6 is 11.6 Å². The number of rotatable bonds is 15. The lowest BCUT2D eigenvalue weighted by atomic mass is 10.2. The molecule has 0 aliphatic rings. The van der Waals surface area contributed by atoms with Gasteiger partial charge in [-0.05, 0) is 24.5 Å². The Morgan fingerprint density at radius 3 is 2.29 bits per heavy atom. The molecule has 0 saturated carbocycles. The van der Waals surface area contributed by atoms with E-state index < -0.39 is 0 Å². The highest BCUT2D eigenvalue weighted by Gasteiger charge is 1.97. The highest BCUT2D eigenvalue weighted by molar-refractivity contribution is 6.31. The van der Waals surface area contributed by atoms with Gasteiger partial charge in [-0.1, -0.05) is 29.8 Å². The minimum Gasteiger partial charge on any atom is -0.379 e. The highest BCUT2D eigenvalue weighted by Crippen LogP contribution is 2.13. The number of terminal acetylenes is 1. The molecule has 1 N–H and O–H groups in total. The van der Waals surface area contributed by atoms with Gasteiger partial charge in [0.2, 0.25) is 0 Å². The van der Waals surface area contributed by atoms with E-state index in [0.717, 1.165) is 49.5 Å². The Balaban J connectivity index is 1.78. The maximum Gasteiger partial charge on any atom is 0.0701 e. The summed E-state index contributed by atoms with van der Waals surface area (Å²) in [4.78, 5) is 0. The van der Waals surface area contributed by atoms with Crippen LogP contribution in [0, 0.1) is 12.3 Å². The molecule has 0 radical (unpaired) electrons. The monoisotopic (exact) mass is 353 g/mol. The second kappa shape index (κ2) is 15.4. The lowest BCUT2D eigenvalue weighted by molar-refractivity contribution is 0.0145. The second-order valence-corrected chi connectivity index (χ2v) is 5.67. The first-order valence-electron chi connectivity index (χ1n) is 8.45. The third-order valence-electron chi connectivity index (χ3n) is 3.30. The molecule has 0 unspecified atom stereocenters. The Labute approximate surface area is 150 Å². The van der Waals surface area contributed by atoms with Crippen LogP contribution in [0.25, 0.3) is 0 Å². The zero-order valence-electron chi connectivity index (χ0n) is 14.3. The van der Waals surface area contributed by atoms with E-state index in [1.54, 1.807) is 0 Å². The van der Waals surface area contributed by atoms with Crippen LogP contribution < -0.4 is 5.32 Å². The lowest BCUT2D eigenvalue weighted by Gasteiger charge is -2.08. The third-order valence-corrected chi connectivity index (χ3v) is 3.67. The fraction of sp³-hybridized carbons (Fsp3) is 0.579. The van der Waals surface area contributed by atoms with Crippen LogP contribution in [-0.4, -0.2) is 46.2 Å². The minimum atomic E-state index is 0.588. The predicted octanol–water partition coefficient (Wildman–Crippen LogP) is 3.28. The van der Waals surface area contributed by atoms with Gasteiger partial charge in [-0.15, -0.1) is 12.3 Å². The van der Waals surface area contributed by atoms with E-state index in [2.05, 4.69) is 11.2 Å². The normalized spacial score (nSPS) is 10.7. The van der Waals surface area contributed by atoms with Crippen LogP contribution in [0.4, 0.5) is 0 Å². The molecular formula is C19H28ClNO3. The van der Waals surface area contributed by atoms with Gasteiger partial charge in [-0.25, -0.2) is 0 Å². The average molecular weight is 354 g/mol. The van der Waals surface area contributed by atoms with Crippen molar-refractivity contribution in [3.63, 3.8) is 0 Å². The maximum absolute atomic E-state index is 6.08. The van der Waals surface area contributed by atoms with Crippen LogP contribution in [-0.2, 0) is 20.8 Å². The van der Waals surface area contributed by atoms with Crippen molar-refractivity contribution in [3.8, 4) is 12.3 Å². The molecule has 0 atom stereocenters. The number of unbranched alkanes of at least 4 members (excludes halogenated alkanes) is 2. The number of hydrogen-bond donors (Lipinski definition) is 1.